The van der Waals surface area contributed by atoms with Gasteiger partial charge < -0.3 is 15.0 Å². The topological polar surface area (TPSA) is 72.3 Å². The largest absolute Gasteiger partial charge is 0.376 e. The van der Waals surface area contributed by atoms with E-state index in [1.165, 1.54) is 11.1 Å². The second kappa shape index (κ2) is 9.35. The molecule has 2 heterocycles. The summed E-state index contributed by atoms with van der Waals surface area (Å²) in [6, 6.07) is 10.3. The fraction of sp³-hybridized carbons (Fsp3) is 0.423. The summed E-state index contributed by atoms with van der Waals surface area (Å²) in [4.78, 5) is 24.8. The molecule has 0 unspecified atom stereocenters. The molecule has 0 bridgehead atoms. The van der Waals surface area contributed by atoms with Crippen LogP contribution in [0.3, 0.4) is 0 Å². The maximum Gasteiger partial charge on any atom is 0.278 e. The first kappa shape index (κ1) is 23.0. The van der Waals surface area contributed by atoms with Crippen LogP contribution in [0.5, 0.6) is 0 Å². The van der Waals surface area contributed by atoms with Crippen LogP contribution < -0.4 is 15.8 Å². The predicted octanol–water partition coefficient (Wildman–Crippen LogP) is 4.12. The van der Waals surface area contributed by atoms with Gasteiger partial charge in [-0.2, -0.15) is 0 Å². The normalized spacial score (nSPS) is 17.2. The molecule has 7 heteroatoms. The van der Waals surface area contributed by atoms with E-state index in [-0.39, 0.29) is 17.7 Å². The summed E-state index contributed by atoms with van der Waals surface area (Å²) >= 11 is 0. The van der Waals surface area contributed by atoms with Gasteiger partial charge in [0, 0.05) is 45.4 Å². The lowest BCUT2D eigenvalue weighted by Crippen LogP contribution is -2.31. The lowest BCUT2D eigenvalue weighted by atomic mass is 10.1. The number of benzene rings is 1. The van der Waals surface area contributed by atoms with Crippen LogP contribution in [0.15, 0.2) is 41.3 Å². The Bertz CT molecular complexity index is 1220. The molecule has 2 aromatic heterocycles. The van der Waals surface area contributed by atoms with Crippen LogP contribution in [0.4, 0.5) is 11.6 Å². The summed E-state index contributed by atoms with van der Waals surface area (Å²) < 4.78 is 7.85. The minimum absolute atomic E-state index is 0.0110. The summed E-state index contributed by atoms with van der Waals surface area (Å²) in [6.45, 7) is 9.12. The molecule has 0 saturated heterocycles. The second-order valence-corrected chi connectivity index (χ2v) is 8.71. The third-order valence-corrected chi connectivity index (χ3v) is 6.32. The van der Waals surface area contributed by atoms with Crippen molar-refractivity contribution in [3.63, 3.8) is 0 Å². The highest BCUT2D eigenvalue weighted by molar-refractivity contribution is 5.65. The first-order chi connectivity index (χ1) is 15.8. The van der Waals surface area contributed by atoms with Gasteiger partial charge in [0.05, 0.1) is 17.8 Å². The number of nitrogens with one attached hydrogen (secondary N) is 1. The van der Waals surface area contributed by atoms with Crippen molar-refractivity contribution >= 4 is 11.6 Å². The van der Waals surface area contributed by atoms with Gasteiger partial charge in [-0.05, 0) is 50.5 Å². The number of pyridine rings is 1. The number of rotatable bonds is 7. The van der Waals surface area contributed by atoms with Gasteiger partial charge in [0.2, 0.25) is 0 Å². The number of hydrogen-bond acceptors (Lipinski definition) is 6. The van der Waals surface area contributed by atoms with Crippen LogP contribution in [-0.2, 0) is 17.7 Å². The van der Waals surface area contributed by atoms with E-state index in [4.69, 9.17) is 9.72 Å². The lowest BCUT2D eigenvalue weighted by Gasteiger charge is -2.26. The van der Waals surface area contributed by atoms with Crippen molar-refractivity contribution in [1.29, 1.82) is 0 Å². The Morgan fingerprint density at radius 1 is 1.21 bits per heavy atom. The third kappa shape index (κ3) is 4.25. The Hall–Kier alpha value is -3.19. The van der Waals surface area contributed by atoms with Crippen molar-refractivity contribution in [1.82, 2.24) is 14.5 Å². The maximum atomic E-state index is 13.6. The quantitative estimate of drug-likeness (QED) is 0.587. The van der Waals surface area contributed by atoms with E-state index in [1.807, 2.05) is 52.8 Å². The van der Waals surface area contributed by atoms with E-state index in [0.717, 1.165) is 34.9 Å². The highest BCUT2D eigenvalue weighted by Gasteiger charge is 2.34. The number of hydrogen-bond donors (Lipinski definition) is 1. The summed E-state index contributed by atoms with van der Waals surface area (Å²) in [5, 5.41) is 3.63. The third-order valence-electron chi connectivity index (χ3n) is 6.32. The summed E-state index contributed by atoms with van der Waals surface area (Å²) in [6.07, 6.45) is 2.61. The fourth-order valence-electron chi connectivity index (χ4n) is 4.63. The molecule has 0 fully saturated rings. The van der Waals surface area contributed by atoms with Crippen molar-refractivity contribution in [3.8, 4) is 11.3 Å². The van der Waals surface area contributed by atoms with E-state index in [2.05, 4.69) is 34.6 Å². The van der Waals surface area contributed by atoms with Gasteiger partial charge in [0.1, 0.15) is 17.3 Å². The Balaban J connectivity index is 1.77. The number of aryl methyl sites for hydroxylation is 2. The summed E-state index contributed by atoms with van der Waals surface area (Å²) in [7, 11) is 3.90. The van der Waals surface area contributed by atoms with Crippen LogP contribution in [0.2, 0.25) is 0 Å². The molecule has 0 amide bonds. The molecule has 4 rings (SSSR count). The molecule has 3 aromatic rings. The van der Waals surface area contributed by atoms with Gasteiger partial charge in [-0.1, -0.05) is 24.3 Å². The van der Waals surface area contributed by atoms with E-state index in [0.29, 0.717) is 18.8 Å². The SMILES string of the molecule is CCO[C@H]1Cc2ccccc2[C@H]1Nc1c(C)nc(-c2cnc(N(C)C)cc2C)c(=O)n1CC. The Morgan fingerprint density at radius 3 is 2.64 bits per heavy atom. The molecule has 1 aliphatic rings. The molecule has 0 spiro atoms. The number of anilines is 2. The zero-order chi connectivity index (χ0) is 23.7. The smallest absolute Gasteiger partial charge is 0.278 e. The van der Waals surface area contributed by atoms with Gasteiger partial charge >= 0.3 is 0 Å². The van der Waals surface area contributed by atoms with Gasteiger partial charge in [-0.3, -0.25) is 9.36 Å². The molecule has 1 aliphatic carbocycles. The predicted molar refractivity (Wildman–Crippen MR) is 133 cm³/mol. The Labute approximate surface area is 195 Å². The van der Waals surface area contributed by atoms with Gasteiger partial charge in [0.25, 0.3) is 5.56 Å². The number of aromatic nitrogens is 3. The van der Waals surface area contributed by atoms with Crippen LogP contribution in [0.25, 0.3) is 11.3 Å². The van der Waals surface area contributed by atoms with Crippen LogP contribution >= 0.6 is 0 Å². The standard InChI is InChI=1S/C26H33N5O2/c1-7-31-25(29-23-19-12-10-9-11-18(19)14-21(23)33-8-2)17(4)28-24(26(31)32)20-15-27-22(30(5)6)13-16(20)3/h9-13,15,21,23,29H,7-8,14H2,1-6H3/t21-,23+/m0/s1. The molecule has 0 radical (unpaired) electrons. The lowest BCUT2D eigenvalue weighted by molar-refractivity contribution is 0.0572. The minimum atomic E-state index is -0.118. The van der Waals surface area contributed by atoms with Crippen molar-refractivity contribution in [2.24, 2.45) is 0 Å². The highest BCUT2D eigenvalue weighted by Crippen LogP contribution is 2.36. The van der Waals surface area contributed by atoms with Gasteiger partial charge in [-0.15, -0.1) is 0 Å². The fourth-order valence-corrected chi connectivity index (χ4v) is 4.63. The van der Waals surface area contributed by atoms with Gasteiger partial charge in [0.15, 0.2) is 0 Å². The molecule has 1 aromatic carbocycles. The molecule has 2 atom stereocenters. The van der Waals surface area contributed by atoms with Crippen LogP contribution in [0.1, 0.15) is 42.3 Å². The monoisotopic (exact) mass is 447 g/mol. The molecule has 0 saturated carbocycles. The summed E-state index contributed by atoms with van der Waals surface area (Å²) in [5.74, 6) is 1.59. The first-order valence-electron chi connectivity index (χ1n) is 11.6. The van der Waals surface area contributed by atoms with Crippen molar-refractivity contribution in [2.45, 2.75) is 52.8 Å². The highest BCUT2D eigenvalue weighted by atomic mass is 16.5. The summed E-state index contributed by atoms with van der Waals surface area (Å²) in [5.41, 5.74) is 5.33. The maximum absolute atomic E-state index is 13.6. The molecule has 1 N–H and O–H groups in total. The van der Waals surface area contributed by atoms with E-state index < -0.39 is 0 Å². The van der Waals surface area contributed by atoms with E-state index >= 15 is 0 Å². The Kier molecular flexibility index (Phi) is 6.51. The second-order valence-electron chi connectivity index (χ2n) is 8.71. The zero-order valence-electron chi connectivity index (χ0n) is 20.3. The molecular weight excluding hydrogens is 414 g/mol. The van der Waals surface area contributed by atoms with Crippen LogP contribution in [0, 0.1) is 13.8 Å². The molecule has 7 nitrogen and oxygen atoms in total. The number of ether oxygens (including phenoxy) is 1. The molecule has 0 aliphatic heterocycles. The van der Waals surface area contributed by atoms with E-state index in [9.17, 15) is 4.79 Å². The number of fused-ring (bicyclic) bond motifs is 1. The van der Waals surface area contributed by atoms with Gasteiger partial charge in [-0.25, -0.2) is 9.97 Å². The van der Waals surface area contributed by atoms with E-state index in [1.54, 1.807) is 10.8 Å². The Morgan fingerprint density at radius 2 is 1.97 bits per heavy atom. The van der Waals surface area contributed by atoms with Crippen LogP contribution in [-0.4, -0.2) is 41.3 Å². The zero-order valence-corrected chi connectivity index (χ0v) is 20.3. The minimum Gasteiger partial charge on any atom is -0.376 e. The average Bonchev–Trinajstić information content (AvgIpc) is 3.13. The molecule has 174 valence electrons. The molecule has 33 heavy (non-hydrogen) atoms. The van der Waals surface area contributed by atoms with Crippen molar-refractivity contribution in [3.05, 3.63) is 69.3 Å². The first-order valence-corrected chi connectivity index (χ1v) is 11.6. The molecular formula is C26H33N5O2. The average molecular weight is 448 g/mol. The van der Waals surface area contributed by atoms with Crippen molar-refractivity contribution < 1.29 is 4.74 Å². The number of nitrogens with zero attached hydrogens (tertiary/aromatic N) is 4. The van der Waals surface area contributed by atoms with Crippen molar-refractivity contribution in [2.75, 3.05) is 30.9 Å².